The van der Waals surface area contributed by atoms with Crippen LogP contribution < -0.4 is 0 Å². The van der Waals surface area contributed by atoms with E-state index >= 15 is 0 Å². The first-order valence-electron chi connectivity index (χ1n) is 8.55. The lowest BCUT2D eigenvalue weighted by Crippen LogP contribution is -2.03. The predicted octanol–water partition coefficient (Wildman–Crippen LogP) is 6.37. The number of allylic oxidation sites excluding steroid dienone is 1. The van der Waals surface area contributed by atoms with E-state index in [2.05, 4.69) is 31.0 Å². The highest BCUT2D eigenvalue weighted by Gasteiger charge is 1.99. The summed E-state index contributed by atoms with van der Waals surface area (Å²) in [4.78, 5) is 1.39. The van der Waals surface area contributed by atoms with E-state index in [1.165, 1.54) is 49.8 Å². The van der Waals surface area contributed by atoms with Crippen LogP contribution in [0.3, 0.4) is 0 Å². The first-order valence-corrected chi connectivity index (χ1v) is 9.43. The highest BCUT2D eigenvalue weighted by Crippen LogP contribution is 2.10. The molecule has 1 nitrogen and oxygen atoms in total. The first kappa shape index (κ1) is 20.4. The summed E-state index contributed by atoms with van der Waals surface area (Å²) in [6.45, 7) is 7.94. The topological polar surface area (TPSA) is 20.2 Å². The van der Waals surface area contributed by atoms with Crippen molar-refractivity contribution < 1.29 is 5.11 Å². The molecule has 0 saturated heterocycles. The molecule has 0 aromatic carbocycles. The fourth-order valence-corrected chi connectivity index (χ4v) is 2.82. The van der Waals surface area contributed by atoms with Crippen LogP contribution in [0.15, 0.2) is 30.2 Å². The Bertz CT molecular complexity index is 305. The molecule has 21 heavy (non-hydrogen) atoms. The molecule has 0 aliphatic carbocycles. The van der Waals surface area contributed by atoms with Crippen LogP contribution in [0.4, 0.5) is 0 Å². The number of aliphatic hydroxyl groups is 1. The SMILES string of the molecule is C=CCc1cccs1.CCCCCCCCCC(O)CC. The number of thiophene rings is 1. The molecule has 1 aromatic rings. The smallest absolute Gasteiger partial charge is 0.0537 e. The predicted molar refractivity (Wildman–Crippen MR) is 97.1 cm³/mol. The molecule has 2 heteroatoms. The van der Waals surface area contributed by atoms with E-state index in [1.807, 2.05) is 13.0 Å². The summed E-state index contributed by atoms with van der Waals surface area (Å²) in [5.74, 6) is 0. The molecule has 0 fully saturated rings. The number of aliphatic hydroxyl groups excluding tert-OH is 1. The van der Waals surface area contributed by atoms with Crippen molar-refractivity contribution in [2.24, 2.45) is 0 Å². The zero-order chi connectivity index (χ0) is 15.8. The average molecular weight is 311 g/mol. The number of unbranched alkanes of at least 4 members (excludes halogenated alkanes) is 6. The van der Waals surface area contributed by atoms with Gasteiger partial charge >= 0.3 is 0 Å². The van der Waals surface area contributed by atoms with Crippen LogP contribution in [0.1, 0.15) is 76.5 Å². The Kier molecular flexibility index (Phi) is 15.3. The molecule has 1 N–H and O–H groups in total. The lowest BCUT2D eigenvalue weighted by Gasteiger charge is -2.06. The summed E-state index contributed by atoms with van der Waals surface area (Å²) >= 11 is 1.78. The molecule has 1 aromatic heterocycles. The van der Waals surface area contributed by atoms with Gasteiger partial charge in [-0.05, 0) is 30.7 Å². The third-order valence-electron chi connectivity index (χ3n) is 3.54. The van der Waals surface area contributed by atoms with E-state index in [0.29, 0.717) is 0 Å². The normalized spacial score (nSPS) is 11.6. The van der Waals surface area contributed by atoms with Crippen LogP contribution >= 0.6 is 11.3 Å². The van der Waals surface area contributed by atoms with Crippen molar-refractivity contribution in [3.05, 3.63) is 35.0 Å². The van der Waals surface area contributed by atoms with Crippen molar-refractivity contribution in [1.82, 2.24) is 0 Å². The van der Waals surface area contributed by atoms with E-state index in [-0.39, 0.29) is 6.10 Å². The van der Waals surface area contributed by atoms with Gasteiger partial charge in [0.2, 0.25) is 0 Å². The van der Waals surface area contributed by atoms with Gasteiger partial charge in [0.05, 0.1) is 6.10 Å². The van der Waals surface area contributed by atoms with Crippen molar-refractivity contribution in [1.29, 1.82) is 0 Å². The zero-order valence-electron chi connectivity index (χ0n) is 14.0. The Labute approximate surface area is 136 Å². The first-order chi connectivity index (χ1) is 10.2. The molecule has 0 spiro atoms. The van der Waals surface area contributed by atoms with Crippen LogP contribution in [0.5, 0.6) is 0 Å². The fraction of sp³-hybridized carbons (Fsp3) is 0.684. The zero-order valence-corrected chi connectivity index (χ0v) is 14.8. The molecular weight excluding hydrogens is 276 g/mol. The standard InChI is InChI=1S/C12H26O.C7H8S/c1-3-5-6-7-8-9-10-11-12(13)4-2;1-2-4-7-5-3-6-8-7/h12-13H,3-11H2,1-2H3;2-3,5-6H,1,4H2. The minimum atomic E-state index is -0.0457. The van der Waals surface area contributed by atoms with E-state index < -0.39 is 0 Å². The van der Waals surface area contributed by atoms with Gasteiger partial charge in [-0.2, -0.15) is 0 Å². The Morgan fingerprint density at radius 3 is 2.33 bits per heavy atom. The Morgan fingerprint density at radius 1 is 1.14 bits per heavy atom. The molecule has 0 bridgehead atoms. The van der Waals surface area contributed by atoms with Gasteiger partial charge in [-0.15, -0.1) is 17.9 Å². The Balaban J connectivity index is 0.000000423. The van der Waals surface area contributed by atoms with Gasteiger partial charge in [0.15, 0.2) is 0 Å². The van der Waals surface area contributed by atoms with Crippen molar-refractivity contribution in [2.45, 2.75) is 84.2 Å². The van der Waals surface area contributed by atoms with E-state index in [4.69, 9.17) is 0 Å². The van der Waals surface area contributed by atoms with Crippen molar-refractivity contribution >= 4 is 11.3 Å². The van der Waals surface area contributed by atoms with Gasteiger partial charge in [-0.3, -0.25) is 0 Å². The van der Waals surface area contributed by atoms with Crippen molar-refractivity contribution in [3.8, 4) is 0 Å². The second kappa shape index (κ2) is 15.8. The van der Waals surface area contributed by atoms with Crippen LogP contribution in [0.2, 0.25) is 0 Å². The third-order valence-corrected chi connectivity index (χ3v) is 4.44. The summed E-state index contributed by atoms with van der Waals surface area (Å²) in [6.07, 6.45) is 14.2. The molecule has 0 aliphatic heterocycles. The van der Waals surface area contributed by atoms with Crippen LogP contribution in [-0.2, 0) is 6.42 Å². The number of rotatable bonds is 11. The van der Waals surface area contributed by atoms with Gasteiger partial charge in [0, 0.05) is 4.88 Å². The van der Waals surface area contributed by atoms with Gasteiger partial charge in [0.1, 0.15) is 0 Å². The van der Waals surface area contributed by atoms with Crippen molar-refractivity contribution in [2.75, 3.05) is 0 Å². The Hall–Kier alpha value is -0.600. The molecule has 1 heterocycles. The van der Waals surface area contributed by atoms with Gasteiger partial charge < -0.3 is 5.11 Å². The summed E-state index contributed by atoms with van der Waals surface area (Å²) in [6, 6.07) is 4.18. The van der Waals surface area contributed by atoms with Crippen LogP contribution in [-0.4, -0.2) is 11.2 Å². The molecule has 1 rings (SSSR count). The van der Waals surface area contributed by atoms with E-state index in [1.54, 1.807) is 11.3 Å². The van der Waals surface area contributed by atoms with Gasteiger partial charge in [0.25, 0.3) is 0 Å². The maximum atomic E-state index is 9.30. The summed E-state index contributed by atoms with van der Waals surface area (Å²) in [5, 5.41) is 11.4. The van der Waals surface area contributed by atoms with Gasteiger partial charge in [-0.25, -0.2) is 0 Å². The molecule has 0 aliphatic rings. The highest BCUT2D eigenvalue weighted by molar-refractivity contribution is 7.09. The second-order valence-electron chi connectivity index (χ2n) is 5.54. The molecule has 0 saturated carbocycles. The summed E-state index contributed by atoms with van der Waals surface area (Å²) < 4.78 is 0. The summed E-state index contributed by atoms with van der Waals surface area (Å²) in [5.41, 5.74) is 0. The largest absolute Gasteiger partial charge is 0.393 e. The minimum absolute atomic E-state index is 0.0457. The lowest BCUT2D eigenvalue weighted by atomic mass is 10.1. The molecule has 1 unspecified atom stereocenters. The highest BCUT2D eigenvalue weighted by atomic mass is 32.1. The quantitative estimate of drug-likeness (QED) is 0.371. The molecule has 122 valence electrons. The maximum Gasteiger partial charge on any atom is 0.0537 e. The fourth-order valence-electron chi connectivity index (χ4n) is 2.11. The number of hydrogen-bond donors (Lipinski definition) is 1. The minimum Gasteiger partial charge on any atom is -0.393 e. The molecule has 0 amide bonds. The van der Waals surface area contributed by atoms with Crippen LogP contribution in [0.25, 0.3) is 0 Å². The van der Waals surface area contributed by atoms with E-state index in [9.17, 15) is 5.11 Å². The lowest BCUT2D eigenvalue weighted by molar-refractivity contribution is 0.156. The van der Waals surface area contributed by atoms with Crippen LogP contribution in [0, 0.1) is 0 Å². The third kappa shape index (κ3) is 14.1. The Morgan fingerprint density at radius 2 is 1.81 bits per heavy atom. The molecular formula is C19H34OS. The molecule has 1 atom stereocenters. The number of hydrogen-bond acceptors (Lipinski definition) is 2. The van der Waals surface area contributed by atoms with E-state index in [0.717, 1.165) is 19.3 Å². The second-order valence-corrected chi connectivity index (χ2v) is 6.58. The van der Waals surface area contributed by atoms with Crippen molar-refractivity contribution in [3.63, 3.8) is 0 Å². The maximum absolute atomic E-state index is 9.30. The summed E-state index contributed by atoms with van der Waals surface area (Å²) in [7, 11) is 0. The monoisotopic (exact) mass is 310 g/mol. The molecule has 0 radical (unpaired) electrons. The van der Waals surface area contributed by atoms with Gasteiger partial charge in [-0.1, -0.05) is 70.9 Å². The average Bonchev–Trinajstić information content (AvgIpc) is 3.00.